The number of sulfonamides is 1. The maximum atomic E-state index is 11.0. The zero-order valence-electron chi connectivity index (χ0n) is 9.39. The lowest BCUT2D eigenvalue weighted by Crippen LogP contribution is -2.22. The van der Waals surface area contributed by atoms with Crippen molar-refractivity contribution in [2.75, 3.05) is 0 Å². The molecule has 0 aliphatic heterocycles. The van der Waals surface area contributed by atoms with Crippen LogP contribution in [0.2, 0.25) is 0 Å². The smallest absolute Gasteiger partial charge is 0.238 e. The Morgan fingerprint density at radius 1 is 1.25 bits per heavy atom. The minimum Gasteiger partial charge on any atom is -0.327 e. The highest BCUT2D eigenvalue weighted by molar-refractivity contribution is 7.89. The SMILES string of the molecule is CCCC(N)Cc1ccc(S(N)(=O)=O)cc1. The van der Waals surface area contributed by atoms with Crippen LogP contribution in [-0.4, -0.2) is 14.5 Å². The van der Waals surface area contributed by atoms with E-state index >= 15 is 0 Å². The lowest BCUT2D eigenvalue weighted by Gasteiger charge is -2.10. The van der Waals surface area contributed by atoms with Gasteiger partial charge in [0.15, 0.2) is 0 Å². The maximum absolute atomic E-state index is 11.0. The van der Waals surface area contributed by atoms with Gasteiger partial charge in [0.1, 0.15) is 0 Å². The van der Waals surface area contributed by atoms with Gasteiger partial charge in [-0.2, -0.15) is 0 Å². The second-order valence-corrected chi connectivity index (χ2v) is 5.50. The van der Waals surface area contributed by atoms with Crippen LogP contribution in [0.1, 0.15) is 25.3 Å². The van der Waals surface area contributed by atoms with Gasteiger partial charge in [-0.05, 0) is 30.5 Å². The van der Waals surface area contributed by atoms with Crippen LogP contribution in [0.3, 0.4) is 0 Å². The molecule has 0 fully saturated rings. The molecule has 0 aromatic heterocycles. The molecular formula is C11H18N2O2S. The summed E-state index contributed by atoms with van der Waals surface area (Å²) in [4.78, 5) is 0.139. The van der Waals surface area contributed by atoms with Crippen molar-refractivity contribution in [3.05, 3.63) is 29.8 Å². The molecule has 1 aromatic rings. The van der Waals surface area contributed by atoms with E-state index in [1.54, 1.807) is 12.1 Å². The molecule has 0 aliphatic carbocycles. The molecule has 5 heteroatoms. The van der Waals surface area contributed by atoms with Crippen molar-refractivity contribution in [2.24, 2.45) is 10.9 Å². The van der Waals surface area contributed by atoms with E-state index in [0.29, 0.717) is 0 Å². The van der Waals surface area contributed by atoms with Gasteiger partial charge in [-0.15, -0.1) is 0 Å². The summed E-state index contributed by atoms with van der Waals surface area (Å²) >= 11 is 0. The molecule has 0 amide bonds. The zero-order chi connectivity index (χ0) is 12.2. The first-order chi connectivity index (χ1) is 7.43. The summed E-state index contributed by atoms with van der Waals surface area (Å²) in [6.07, 6.45) is 2.78. The van der Waals surface area contributed by atoms with Crippen molar-refractivity contribution in [3.63, 3.8) is 0 Å². The molecule has 1 atom stereocenters. The van der Waals surface area contributed by atoms with E-state index in [2.05, 4.69) is 6.92 Å². The summed E-state index contributed by atoms with van der Waals surface area (Å²) in [5.74, 6) is 0. The quantitative estimate of drug-likeness (QED) is 0.807. The number of primary sulfonamides is 1. The largest absolute Gasteiger partial charge is 0.327 e. The van der Waals surface area contributed by atoms with Gasteiger partial charge < -0.3 is 5.73 Å². The average molecular weight is 242 g/mol. The zero-order valence-corrected chi connectivity index (χ0v) is 10.2. The van der Waals surface area contributed by atoms with Crippen molar-refractivity contribution in [3.8, 4) is 0 Å². The predicted molar refractivity (Wildman–Crippen MR) is 64.4 cm³/mol. The van der Waals surface area contributed by atoms with Gasteiger partial charge in [0.2, 0.25) is 10.0 Å². The third kappa shape index (κ3) is 3.92. The molecule has 1 rings (SSSR count). The molecule has 0 heterocycles. The Labute approximate surface area is 96.7 Å². The molecule has 90 valence electrons. The van der Waals surface area contributed by atoms with E-state index in [1.807, 2.05) is 0 Å². The molecular weight excluding hydrogens is 224 g/mol. The van der Waals surface area contributed by atoms with E-state index in [1.165, 1.54) is 12.1 Å². The average Bonchev–Trinajstić information content (AvgIpc) is 2.17. The van der Waals surface area contributed by atoms with Crippen LogP contribution in [0.5, 0.6) is 0 Å². The minimum atomic E-state index is -3.59. The minimum absolute atomic E-state index is 0.130. The normalized spacial score (nSPS) is 13.7. The summed E-state index contributed by atoms with van der Waals surface area (Å²) in [5, 5.41) is 5.00. The van der Waals surface area contributed by atoms with Gasteiger partial charge in [-0.3, -0.25) is 0 Å². The Balaban J connectivity index is 2.72. The second-order valence-electron chi connectivity index (χ2n) is 3.94. The number of benzene rings is 1. The molecule has 0 saturated heterocycles. The summed E-state index contributed by atoms with van der Waals surface area (Å²) in [6, 6.07) is 6.68. The van der Waals surface area contributed by atoms with Crippen molar-refractivity contribution in [1.29, 1.82) is 0 Å². The van der Waals surface area contributed by atoms with E-state index in [4.69, 9.17) is 10.9 Å². The van der Waals surface area contributed by atoms with Crippen LogP contribution in [0.15, 0.2) is 29.2 Å². The molecule has 0 bridgehead atoms. The van der Waals surface area contributed by atoms with Crippen LogP contribution in [0.4, 0.5) is 0 Å². The van der Waals surface area contributed by atoms with E-state index < -0.39 is 10.0 Å². The highest BCUT2D eigenvalue weighted by Gasteiger charge is 2.08. The third-order valence-electron chi connectivity index (χ3n) is 2.41. The molecule has 1 aromatic carbocycles. The Kier molecular flexibility index (Phi) is 4.46. The highest BCUT2D eigenvalue weighted by Crippen LogP contribution is 2.11. The van der Waals surface area contributed by atoms with Gasteiger partial charge in [0.05, 0.1) is 4.90 Å². The monoisotopic (exact) mass is 242 g/mol. The Bertz CT molecular complexity index is 426. The van der Waals surface area contributed by atoms with Gasteiger partial charge in [-0.25, -0.2) is 13.6 Å². The molecule has 16 heavy (non-hydrogen) atoms. The first-order valence-corrected chi connectivity index (χ1v) is 6.85. The first kappa shape index (κ1) is 13.2. The second kappa shape index (κ2) is 5.43. The standard InChI is InChI=1S/C11H18N2O2S/c1-2-3-10(12)8-9-4-6-11(7-5-9)16(13,14)15/h4-7,10H,2-3,8,12H2,1H3,(H2,13,14,15). The van der Waals surface area contributed by atoms with Gasteiger partial charge >= 0.3 is 0 Å². The fourth-order valence-corrected chi connectivity index (χ4v) is 2.11. The van der Waals surface area contributed by atoms with Gasteiger partial charge in [0.25, 0.3) is 0 Å². The molecule has 0 aliphatic rings. The Hall–Kier alpha value is -0.910. The summed E-state index contributed by atoms with van der Waals surface area (Å²) in [6.45, 7) is 2.09. The van der Waals surface area contributed by atoms with Crippen LogP contribution in [0, 0.1) is 0 Å². The van der Waals surface area contributed by atoms with Crippen LogP contribution < -0.4 is 10.9 Å². The summed E-state index contributed by atoms with van der Waals surface area (Å²) < 4.78 is 22.0. The molecule has 0 spiro atoms. The topological polar surface area (TPSA) is 86.2 Å². The number of nitrogens with two attached hydrogens (primary N) is 2. The highest BCUT2D eigenvalue weighted by atomic mass is 32.2. The number of hydrogen-bond donors (Lipinski definition) is 2. The first-order valence-electron chi connectivity index (χ1n) is 5.31. The molecule has 0 radical (unpaired) electrons. The van der Waals surface area contributed by atoms with Gasteiger partial charge in [-0.1, -0.05) is 25.5 Å². The summed E-state index contributed by atoms with van der Waals surface area (Å²) in [7, 11) is -3.59. The lowest BCUT2D eigenvalue weighted by atomic mass is 10.0. The van der Waals surface area contributed by atoms with Crippen molar-refractivity contribution in [1.82, 2.24) is 0 Å². The predicted octanol–water partition coefficient (Wildman–Crippen LogP) is 1.00. The maximum Gasteiger partial charge on any atom is 0.238 e. The van der Waals surface area contributed by atoms with E-state index in [9.17, 15) is 8.42 Å². The lowest BCUT2D eigenvalue weighted by molar-refractivity contribution is 0.596. The van der Waals surface area contributed by atoms with Crippen LogP contribution in [0.25, 0.3) is 0 Å². The Morgan fingerprint density at radius 3 is 2.25 bits per heavy atom. The van der Waals surface area contributed by atoms with Crippen LogP contribution >= 0.6 is 0 Å². The number of hydrogen-bond acceptors (Lipinski definition) is 3. The molecule has 4 nitrogen and oxygen atoms in total. The van der Waals surface area contributed by atoms with Crippen molar-refractivity contribution >= 4 is 10.0 Å². The van der Waals surface area contributed by atoms with Crippen molar-refractivity contribution < 1.29 is 8.42 Å². The van der Waals surface area contributed by atoms with E-state index in [-0.39, 0.29) is 10.9 Å². The fourth-order valence-electron chi connectivity index (χ4n) is 1.59. The van der Waals surface area contributed by atoms with Gasteiger partial charge in [0, 0.05) is 6.04 Å². The van der Waals surface area contributed by atoms with E-state index in [0.717, 1.165) is 24.8 Å². The number of rotatable bonds is 5. The van der Waals surface area contributed by atoms with Crippen LogP contribution in [-0.2, 0) is 16.4 Å². The molecule has 1 unspecified atom stereocenters. The Morgan fingerprint density at radius 2 is 1.81 bits per heavy atom. The fraction of sp³-hybridized carbons (Fsp3) is 0.455. The molecule has 4 N–H and O–H groups in total. The van der Waals surface area contributed by atoms with Crippen molar-refractivity contribution in [2.45, 2.75) is 37.1 Å². The third-order valence-corrected chi connectivity index (χ3v) is 3.34. The summed E-state index contributed by atoms with van der Waals surface area (Å²) in [5.41, 5.74) is 6.93. The molecule has 0 saturated carbocycles.